The van der Waals surface area contributed by atoms with Gasteiger partial charge >= 0.3 is 21.5 Å². The third-order valence-corrected chi connectivity index (χ3v) is 3.15. The summed E-state index contributed by atoms with van der Waals surface area (Å²) in [5.41, 5.74) is -5.35. The van der Waals surface area contributed by atoms with Crippen molar-refractivity contribution in [3.8, 4) is 0 Å². The molecule has 102 valence electrons. The van der Waals surface area contributed by atoms with Crippen molar-refractivity contribution >= 4 is 16.0 Å². The van der Waals surface area contributed by atoms with Crippen LogP contribution in [0.4, 0.5) is 13.2 Å². The number of hydrogen-bond acceptors (Lipinski definition) is 4. The van der Waals surface area contributed by atoms with Gasteiger partial charge in [-0.2, -0.15) is 13.2 Å². The lowest BCUT2D eigenvalue weighted by Crippen LogP contribution is -2.38. The van der Waals surface area contributed by atoms with Gasteiger partial charge in [-0.3, -0.25) is 4.79 Å². The van der Waals surface area contributed by atoms with Crippen molar-refractivity contribution in [3.63, 3.8) is 0 Å². The molecule has 0 spiro atoms. The molecule has 0 aromatic heterocycles. The number of nitrogens with one attached hydrogen (secondary N) is 1. The predicted molar refractivity (Wildman–Crippen MR) is 53.4 cm³/mol. The highest BCUT2D eigenvalue weighted by atomic mass is 32.2. The summed E-state index contributed by atoms with van der Waals surface area (Å²) in [5, 5.41) is 0. The molecule has 9 heteroatoms. The first-order chi connectivity index (χ1) is 7.62. The average molecular weight is 277 g/mol. The van der Waals surface area contributed by atoms with Crippen LogP contribution in [0.25, 0.3) is 0 Å². The molecule has 0 aliphatic rings. The zero-order valence-electron chi connectivity index (χ0n) is 9.37. The smallest absolute Gasteiger partial charge is 0.464 e. The number of hydrogen-bond donors (Lipinski definition) is 1. The van der Waals surface area contributed by atoms with Gasteiger partial charge in [-0.15, -0.1) is 0 Å². The fourth-order valence-electron chi connectivity index (χ4n) is 0.718. The summed E-state index contributed by atoms with van der Waals surface area (Å²) in [4.78, 5) is 11.1. The monoisotopic (exact) mass is 277 g/mol. The molecular formula is C8H14F3NO4S. The number of alkyl halides is 3. The van der Waals surface area contributed by atoms with Crippen molar-refractivity contribution in [2.45, 2.75) is 25.8 Å². The Hall–Kier alpha value is -0.830. The number of carbonyl (C=O) groups is 1. The summed E-state index contributed by atoms with van der Waals surface area (Å²) in [5.74, 6) is -0.937. The third-order valence-electron chi connectivity index (χ3n) is 1.96. The molecule has 0 amide bonds. The van der Waals surface area contributed by atoms with Crippen molar-refractivity contribution in [3.05, 3.63) is 0 Å². The second-order valence-corrected chi connectivity index (χ2v) is 5.08. The van der Waals surface area contributed by atoms with Gasteiger partial charge in [0.2, 0.25) is 0 Å². The summed E-state index contributed by atoms with van der Waals surface area (Å²) in [6.07, 6.45) is 0.535. The van der Waals surface area contributed by atoms with Crippen LogP contribution in [-0.4, -0.2) is 33.0 Å². The number of carbonyl (C=O) groups excluding carboxylic acids is 1. The van der Waals surface area contributed by atoms with Crippen molar-refractivity contribution in [2.24, 2.45) is 5.92 Å². The lowest BCUT2D eigenvalue weighted by Gasteiger charge is -2.11. The Morgan fingerprint density at radius 2 is 1.94 bits per heavy atom. The van der Waals surface area contributed by atoms with Crippen LogP contribution in [0.2, 0.25) is 0 Å². The number of ether oxygens (including phenoxy) is 1. The number of rotatable bonds is 6. The molecule has 0 heterocycles. The van der Waals surface area contributed by atoms with E-state index in [2.05, 4.69) is 4.74 Å². The first kappa shape index (κ1) is 16.2. The van der Waals surface area contributed by atoms with E-state index in [1.54, 1.807) is 13.8 Å². The van der Waals surface area contributed by atoms with Gasteiger partial charge in [-0.05, 0) is 6.42 Å². The maximum atomic E-state index is 11.8. The molecule has 0 radical (unpaired) electrons. The molecule has 17 heavy (non-hydrogen) atoms. The highest BCUT2D eigenvalue weighted by Crippen LogP contribution is 2.21. The number of halogens is 3. The highest BCUT2D eigenvalue weighted by Gasteiger charge is 2.45. The topological polar surface area (TPSA) is 72.5 Å². The zero-order chi connectivity index (χ0) is 13.7. The molecule has 0 fully saturated rings. The maximum Gasteiger partial charge on any atom is 0.511 e. The lowest BCUT2D eigenvalue weighted by molar-refractivity contribution is -0.147. The Bertz CT molecular complexity index is 352. The van der Waals surface area contributed by atoms with E-state index in [1.807, 2.05) is 0 Å². The van der Waals surface area contributed by atoms with E-state index in [1.165, 1.54) is 4.72 Å². The van der Waals surface area contributed by atoms with Gasteiger partial charge in [0.1, 0.15) is 6.61 Å². The molecule has 0 saturated heterocycles. The van der Waals surface area contributed by atoms with Gasteiger partial charge in [0, 0.05) is 6.54 Å². The van der Waals surface area contributed by atoms with Crippen LogP contribution < -0.4 is 4.72 Å². The molecule has 0 aliphatic carbocycles. The fourth-order valence-corrected chi connectivity index (χ4v) is 1.23. The Kier molecular flexibility index (Phi) is 5.89. The van der Waals surface area contributed by atoms with E-state index in [0.29, 0.717) is 6.42 Å². The van der Waals surface area contributed by atoms with Crippen molar-refractivity contribution in [2.75, 3.05) is 13.2 Å². The Morgan fingerprint density at radius 3 is 2.35 bits per heavy atom. The van der Waals surface area contributed by atoms with Crippen molar-refractivity contribution in [1.29, 1.82) is 0 Å². The van der Waals surface area contributed by atoms with Crippen molar-refractivity contribution in [1.82, 2.24) is 4.72 Å². The minimum Gasteiger partial charge on any atom is -0.464 e. The van der Waals surface area contributed by atoms with Gasteiger partial charge < -0.3 is 4.74 Å². The summed E-state index contributed by atoms with van der Waals surface area (Å²) in [6.45, 7) is 2.31. The van der Waals surface area contributed by atoms with Crippen molar-refractivity contribution < 1.29 is 31.1 Å². The molecule has 0 aromatic carbocycles. The quantitative estimate of drug-likeness (QED) is 0.581. The van der Waals surface area contributed by atoms with Crippen LogP contribution in [0.5, 0.6) is 0 Å². The molecule has 1 atom stereocenters. The second-order valence-electron chi connectivity index (χ2n) is 3.32. The van der Waals surface area contributed by atoms with Gasteiger partial charge in [-0.25, -0.2) is 13.1 Å². The Morgan fingerprint density at radius 1 is 1.41 bits per heavy atom. The summed E-state index contributed by atoms with van der Waals surface area (Å²) in [7, 11) is -5.36. The highest BCUT2D eigenvalue weighted by molar-refractivity contribution is 7.90. The lowest BCUT2D eigenvalue weighted by atomic mass is 10.1. The van der Waals surface area contributed by atoms with Gasteiger partial charge in [0.15, 0.2) is 0 Å². The van der Waals surface area contributed by atoms with Crippen LogP contribution >= 0.6 is 0 Å². The largest absolute Gasteiger partial charge is 0.511 e. The van der Waals surface area contributed by atoms with Gasteiger partial charge in [0.25, 0.3) is 0 Å². The molecule has 0 bridgehead atoms. The van der Waals surface area contributed by atoms with Gasteiger partial charge in [-0.1, -0.05) is 13.8 Å². The van der Waals surface area contributed by atoms with E-state index in [9.17, 15) is 26.4 Å². The van der Waals surface area contributed by atoms with E-state index in [0.717, 1.165) is 0 Å². The summed E-state index contributed by atoms with van der Waals surface area (Å²) in [6, 6.07) is 0. The first-order valence-corrected chi connectivity index (χ1v) is 6.32. The molecule has 0 aromatic rings. The van der Waals surface area contributed by atoms with Crippen LogP contribution in [0.3, 0.4) is 0 Å². The molecular weight excluding hydrogens is 263 g/mol. The SMILES string of the molecule is CCC(C)C(=O)OCCNS(=O)(=O)C(F)(F)F. The molecule has 0 rings (SSSR count). The van der Waals surface area contributed by atoms with E-state index in [-0.39, 0.29) is 5.92 Å². The standard InChI is InChI=1S/C8H14F3NO4S/c1-3-6(2)7(13)16-5-4-12-17(14,15)8(9,10)11/h6,12H,3-5H2,1-2H3. The van der Waals surface area contributed by atoms with Crippen LogP contribution in [-0.2, 0) is 19.6 Å². The van der Waals surface area contributed by atoms with E-state index in [4.69, 9.17) is 0 Å². The minimum atomic E-state index is -5.36. The zero-order valence-corrected chi connectivity index (χ0v) is 10.2. The number of esters is 1. The van der Waals surface area contributed by atoms with Gasteiger partial charge in [0.05, 0.1) is 5.92 Å². The molecule has 0 saturated carbocycles. The molecule has 5 nitrogen and oxygen atoms in total. The number of sulfonamides is 1. The Balaban J connectivity index is 3.99. The molecule has 1 N–H and O–H groups in total. The summed E-state index contributed by atoms with van der Waals surface area (Å²) < 4.78 is 62.4. The maximum absolute atomic E-state index is 11.8. The third kappa shape index (κ3) is 5.35. The predicted octanol–water partition coefficient (Wildman–Crippen LogP) is 1.01. The van der Waals surface area contributed by atoms with Crippen LogP contribution in [0, 0.1) is 5.92 Å². The first-order valence-electron chi connectivity index (χ1n) is 4.84. The van der Waals surface area contributed by atoms with E-state index < -0.39 is 34.7 Å². The second kappa shape index (κ2) is 6.20. The molecule has 0 aliphatic heterocycles. The summed E-state index contributed by atoms with van der Waals surface area (Å²) >= 11 is 0. The Labute approximate surface area is 97.4 Å². The normalized spacial score (nSPS) is 14.4. The van der Waals surface area contributed by atoms with Crippen LogP contribution in [0.15, 0.2) is 0 Å². The molecule has 1 unspecified atom stereocenters. The van der Waals surface area contributed by atoms with E-state index >= 15 is 0 Å². The average Bonchev–Trinajstić information content (AvgIpc) is 2.21. The minimum absolute atomic E-state index is 0.366. The van der Waals surface area contributed by atoms with Crippen LogP contribution in [0.1, 0.15) is 20.3 Å². The fraction of sp³-hybridized carbons (Fsp3) is 0.875.